The molecule has 0 fully saturated rings. The van der Waals surface area contributed by atoms with Gasteiger partial charge >= 0.3 is 43.7 Å². The third-order valence-corrected chi connectivity index (χ3v) is 0.305. The van der Waals surface area contributed by atoms with Crippen molar-refractivity contribution in [2.45, 2.75) is 6.92 Å². The zero-order valence-electron chi connectivity index (χ0n) is 4.39. The minimum atomic E-state index is -0.528. The molecule has 5 nitrogen and oxygen atoms in total. The Morgan fingerprint density at radius 2 is 2.22 bits per heavy atom. The van der Waals surface area contributed by atoms with Gasteiger partial charge in [-0.3, -0.25) is 10.2 Å². The van der Waals surface area contributed by atoms with Crippen LogP contribution in [0.15, 0.2) is 0 Å². The van der Waals surface area contributed by atoms with Crippen molar-refractivity contribution < 1.29 is 9.63 Å². The van der Waals surface area contributed by atoms with E-state index in [0.29, 0.717) is 0 Å². The van der Waals surface area contributed by atoms with Crippen LogP contribution in [0.4, 0.5) is 0 Å². The Bertz CT molecular complexity index is 102. The Morgan fingerprint density at radius 1 is 1.78 bits per heavy atom. The topological polar surface area (TPSA) is 88.2 Å². The van der Waals surface area contributed by atoms with Gasteiger partial charge < -0.3 is 10.6 Å². The van der Waals surface area contributed by atoms with Gasteiger partial charge in [-0.2, -0.15) is 5.48 Å². The minimum absolute atomic E-state index is 0. The number of hydrogen-bond acceptors (Lipinski definition) is 3. The van der Waals surface area contributed by atoms with Crippen LogP contribution >= 0.6 is 0 Å². The summed E-state index contributed by atoms with van der Waals surface area (Å²) in [6, 6.07) is 0. The average molecular weight is 159 g/mol. The van der Waals surface area contributed by atoms with Crippen LogP contribution in [0.2, 0.25) is 0 Å². The third-order valence-electron chi connectivity index (χ3n) is 0.305. The van der Waals surface area contributed by atoms with E-state index in [9.17, 15) is 4.79 Å². The molecular weight excluding hydrogens is 150 g/mol. The average Bonchev–Trinajstić information content (AvgIpc) is 1.61. The molecule has 0 aliphatic rings. The zero-order valence-corrected chi connectivity index (χ0v) is 4.39. The molecule has 0 aliphatic carbocycles. The second-order valence-electron chi connectivity index (χ2n) is 1.11. The van der Waals surface area contributed by atoms with Crippen LogP contribution in [-0.4, -0.2) is 49.7 Å². The van der Waals surface area contributed by atoms with E-state index in [-0.39, 0.29) is 43.7 Å². The Labute approximate surface area is 82.4 Å². The molecule has 0 radical (unpaired) electrons. The van der Waals surface area contributed by atoms with Crippen molar-refractivity contribution in [3.63, 3.8) is 0 Å². The Balaban J connectivity index is 0. The maximum absolute atomic E-state index is 9.91. The fraction of sp³-hybridized carbons (Fsp3) is 0.333. The summed E-state index contributed by atoms with van der Waals surface area (Å²) in [6.07, 6.45) is 0. The van der Waals surface area contributed by atoms with Gasteiger partial charge in [0.05, 0.1) is 0 Å². The Hall–Kier alpha value is -0.000260. The predicted molar refractivity (Wildman–Crippen MR) is 35.4 cm³/mol. The first-order chi connectivity index (χ1) is 3.63. The predicted octanol–water partition coefficient (Wildman–Crippen LogP) is -1.97. The molecule has 0 unspecified atom stereocenters. The Kier molecular flexibility index (Phi) is 8.00. The van der Waals surface area contributed by atoms with Crippen LogP contribution in [0.3, 0.4) is 0 Å². The quantitative estimate of drug-likeness (QED) is 0.166. The van der Waals surface area contributed by atoms with Crippen molar-refractivity contribution >= 4 is 49.7 Å². The van der Waals surface area contributed by atoms with Gasteiger partial charge in [0.2, 0.25) is 5.96 Å². The molecule has 0 saturated carbocycles. The first-order valence-electron chi connectivity index (χ1n) is 1.90. The third kappa shape index (κ3) is 11.5. The van der Waals surface area contributed by atoms with Crippen LogP contribution in [0.5, 0.6) is 0 Å². The summed E-state index contributed by atoms with van der Waals surface area (Å²) in [6.45, 7) is 1.20. The molecule has 0 aromatic heterocycles. The van der Waals surface area contributed by atoms with E-state index >= 15 is 0 Å². The van der Waals surface area contributed by atoms with Gasteiger partial charge in [0, 0.05) is 6.92 Å². The molecule has 0 aromatic carbocycles. The first-order valence-corrected chi connectivity index (χ1v) is 1.90. The van der Waals surface area contributed by atoms with E-state index < -0.39 is 5.97 Å². The molecule has 50 valence electrons. The zero-order chi connectivity index (χ0) is 6.57. The molecule has 0 amide bonds. The second kappa shape index (κ2) is 6.12. The molecule has 0 aromatic rings. The van der Waals surface area contributed by atoms with Crippen molar-refractivity contribution in [2.24, 2.45) is 5.73 Å². The molecule has 9 heavy (non-hydrogen) atoms. The summed E-state index contributed by atoms with van der Waals surface area (Å²) in [7, 11) is 0. The number of rotatable bonds is 0. The summed E-state index contributed by atoms with van der Waals surface area (Å²) in [4.78, 5) is 14.0. The summed E-state index contributed by atoms with van der Waals surface area (Å²) in [5.41, 5.74) is 6.59. The summed E-state index contributed by atoms with van der Waals surface area (Å²) >= 11 is 0. The molecule has 0 aliphatic heterocycles. The van der Waals surface area contributed by atoms with E-state index in [2.05, 4.69) is 4.84 Å². The number of guanidine groups is 1. The van der Waals surface area contributed by atoms with Crippen molar-refractivity contribution in [3.05, 3.63) is 0 Å². The van der Waals surface area contributed by atoms with Crippen molar-refractivity contribution in [1.29, 1.82) is 5.41 Å². The van der Waals surface area contributed by atoms with Crippen molar-refractivity contribution in [2.75, 3.05) is 0 Å². The molecule has 0 heterocycles. The molecule has 0 bridgehead atoms. The van der Waals surface area contributed by atoms with Gasteiger partial charge in [0.1, 0.15) is 0 Å². The summed E-state index contributed by atoms with van der Waals surface area (Å²) in [5.74, 6) is -0.916. The summed E-state index contributed by atoms with van der Waals surface area (Å²) in [5, 5.41) is 6.48. The number of nitrogens with one attached hydrogen (secondary N) is 2. The van der Waals surface area contributed by atoms with Crippen LogP contribution in [-0.2, 0) is 9.63 Å². The van der Waals surface area contributed by atoms with E-state index in [1.807, 2.05) is 5.48 Å². The fourth-order valence-corrected chi connectivity index (χ4v) is 0.127. The SMILES string of the molecule is CC(=O)ONC(=N)N.[CaH2]. The van der Waals surface area contributed by atoms with Gasteiger partial charge in [-0.05, 0) is 0 Å². The maximum atomic E-state index is 9.91. The Morgan fingerprint density at radius 3 is 2.33 bits per heavy atom. The van der Waals surface area contributed by atoms with Gasteiger partial charge in [0.15, 0.2) is 0 Å². The molecule has 0 saturated heterocycles. The first kappa shape index (κ1) is 11.8. The normalized spacial score (nSPS) is 6.78. The molecule has 0 atom stereocenters. The van der Waals surface area contributed by atoms with Crippen LogP contribution in [0, 0.1) is 5.41 Å². The number of nitrogens with two attached hydrogens (primary N) is 1. The van der Waals surface area contributed by atoms with E-state index in [4.69, 9.17) is 11.1 Å². The molecule has 4 N–H and O–H groups in total. The fourth-order valence-electron chi connectivity index (χ4n) is 0.127. The molecule has 0 rings (SSSR count). The number of hydroxylamine groups is 1. The monoisotopic (exact) mass is 159 g/mol. The standard InChI is InChI=1S/C3H7N3O2.Ca.2H/c1-2(7)8-6-3(4)5;;;/h1H3,(H4,4,5,6);;;. The van der Waals surface area contributed by atoms with Crippen molar-refractivity contribution in [1.82, 2.24) is 5.48 Å². The summed E-state index contributed by atoms with van der Waals surface area (Å²) < 4.78 is 0. The van der Waals surface area contributed by atoms with Crippen molar-refractivity contribution in [3.8, 4) is 0 Å². The molecule has 0 spiro atoms. The van der Waals surface area contributed by atoms with Crippen LogP contribution in [0.25, 0.3) is 0 Å². The van der Waals surface area contributed by atoms with E-state index in [0.717, 1.165) is 0 Å². The van der Waals surface area contributed by atoms with E-state index in [1.165, 1.54) is 6.92 Å². The second-order valence-corrected chi connectivity index (χ2v) is 1.11. The van der Waals surface area contributed by atoms with Crippen LogP contribution in [0.1, 0.15) is 6.92 Å². The van der Waals surface area contributed by atoms with E-state index in [1.54, 1.807) is 0 Å². The van der Waals surface area contributed by atoms with Gasteiger partial charge in [0.25, 0.3) is 0 Å². The van der Waals surface area contributed by atoms with Gasteiger partial charge in [-0.25, -0.2) is 0 Å². The number of hydrogen-bond donors (Lipinski definition) is 3. The molecular formula is C3H9CaN3O2. The van der Waals surface area contributed by atoms with Crippen LogP contribution < -0.4 is 11.2 Å². The molecule has 6 heteroatoms. The number of carbonyl (C=O) groups excluding carboxylic acids is 1. The van der Waals surface area contributed by atoms with Gasteiger partial charge in [-0.15, -0.1) is 0 Å². The number of carbonyl (C=O) groups is 1. The van der Waals surface area contributed by atoms with Gasteiger partial charge in [-0.1, -0.05) is 0 Å².